The lowest BCUT2D eigenvalue weighted by molar-refractivity contribution is -0.145. The number of nitrogens with zero attached hydrogens (tertiary/aromatic N) is 4. The molecule has 0 saturated heterocycles. The molecule has 0 radical (unpaired) electrons. The Morgan fingerprint density at radius 3 is 2.84 bits per heavy atom. The van der Waals surface area contributed by atoms with Crippen molar-refractivity contribution in [3.8, 4) is 5.75 Å². The fourth-order valence-corrected chi connectivity index (χ4v) is 5.32. The molecular formula is C23H26FN6O6P. The predicted octanol–water partition coefficient (Wildman–Crippen LogP) is 3.29. The fourth-order valence-electron chi connectivity index (χ4n) is 3.64. The first-order chi connectivity index (χ1) is 17.8. The quantitative estimate of drug-likeness (QED) is 0.276. The van der Waals surface area contributed by atoms with Crippen LogP contribution >= 0.6 is 7.52 Å². The number of ether oxygens (including phenoxy) is 3. The molecule has 1 aromatic carbocycles. The molecule has 0 spiro atoms. The summed E-state index contributed by atoms with van der Waals surface area (Å²) >= 11 is 0. The Morgan fingerprint density at radius 2 is 2.08 bits per heavy atom. The van der Waals surface area contributed by atoms with Gasteiger partial charge in [-0.15, -0.1) is 0 Å². The minimum absolute atomic E-state index is 0.147. The number of fused-ring (bicyclic) bond motifs is 1. The van der Waals surface area contributed by atoms with Crippen molar-refractivity contribution in [1.82, 2.24) is 24.6 Å². The Bertz CT molecular complexity index is 1350. The summed E-state index contributed by atoms with van der Waals surface area (Å²) in [7, 11) is -3.84. The number of anilines is 1. The highest BCUT2D eigenvalue weighted by molar-refractivity contribution is 7.57. The molecule has 37 heavy (non-hydrogen) atoms. The average Bonchev–Trinajstić information content (AvgIpc) is 3.49. The molecule has 196 valence electrons. The van der Waals surface area contributed by atoms with Crippen molar-refractivity contribution < 1.29 is 32.5 Å². The van der Waals surface area contributed by atoms with Gasteiger partial charge in [-0.2, -0.15) is 0 Å². The van der Waals surface area contributed by atoms with Crippen molar-refractivity contribution >= 4 is 30.5 Å². The number of imidazole rings is 1. The molecule has 2 aromatic heterocycles. The van der Waals surface area contributed by atoms with Crippen molar-refractivity contribution in [2.75, 3.05) is 18.7 Å². The number of esters is 1. The van der Waals surface area contributed by atoms with Gasteiger partial charge in [0.05, 0.1) is 12.9 Å². The van der Waals surface area contributed by atoms with E-state index in [2.05, 4.69) is 20.0 Å². The van der Waals surface area contributed by atoms with E-state index in [1.807, 2.05) is 0 Å². The van der Waals surface area contributed by atoms with Crippen LogP contribution in [0.15, 0.2) is 54.9 Å². The maximum absolute atomic E-state index is 14.8. The van der Waals surface area contributed by atoms with Gasteiger partial charge in [0, 0.05) is 6.08 Å². The van der Waals surface area contributed by atoms with E-state index in [-0.39, 0.29) is 11.5 Å². The monoisotopic (exact) mass is 532 g/mol. The van der Waals surface area contributed by atoms with Gasteiger partial charge < -0.3 is 24.5 Å². The standard InChI is InChI=1S/C23H26FN6O6P/c1-14(23(31)33-10-15-7-8-15)29-37(32,36-16-5-3-2-4-6-16)13-34-18-9-17(24)22(35-18)30-12-28-19-20(25)26-11-27-21(19)30/h2-6,9,11-12,14-15,18,22H,7-8,10,13H2,1H3,(H,29,32)(H2,25,26,27)/t14?,18-,22+,37?/m0/s1. The number of nitrogen functional groups attached to an aromatic ring is 1. The summed E-state index contributed by atoms with van der Waals surface area (Å²) in [6.07, 6.45) is 2.78. The van der Waals surface area contributed by atoms with E-state index in [1.54, 1.807) is 30.3 Å². The lowest BCUT2D eigenvalue weighted by atomic mass is 10.3. The van der Waals surface area contributed by atoms with Gasteiger partial charge in [-0.05, 0) is 37.8 Å². The molecule has 1 saturated carbocycles. The zero-order valence-corrected chi connectivity index (χ0v) is 20.8. The van der Waals surface area contributed by atoms with Gasteiger partial charge in [0.25, 0.3) is 0 Å². The molecule has 0 bridgehead atoms. The second kappa shape index (κ2) is 10.5. The SMILES string of the molecule is CC(NP(=O)(CO[C@@H]1C=C(F)[C@H](n2cnc3c(N)ncnc32)O1)Oc1ccccc1)C(=O)OCC1CC1. The minimum Gasteiger partial charge on any atom is -0.464 e. The molecule has 3 aromatic rings. The second-order valence-corrected chi connectivity index (χ2v) is 10.8. The van der Waals surface area contributed by atoms with Crippen molar-refractivity contribution in [1.29, 1.82) is 0 Å². The fraction of sp³-hybridized carbons (Fsp3) is 0.391. The van der Waals surface area contributed by atoms with Crippen LogP contribution in [0.5, 0.6) is 5.75 Å². The van der Waals surface area contributed by atoms with Crippen LogP contribution in [0.4, 0.5) is 10.2 Å². The third-order valence-corrected chi connectivity index (χ3v) is 7.52. The van der Waals surface area contributed by atoms with E-state index in [9.17, 15) is 13.8 Å². The Kier molecular flexibility index (Phi) is 7.20. The zero-order chi connectivity index (χ0) is 26.0. The Labute approximate surface area is 211 Å². The number of para-hydroxylation sites is 1. The predicted molar refractivity (Wildman–Crippen MR) is 130 cm³/mol. The van der Waals surface area contributed by atoms with Crippen LogP contribution in [-0.4, -0.2) is 50.8 Å². The summed E-state index contributed by atoms with van der Waals surface area (Å²) in [5.41, 5.74) is 6.38. The number of hydrogen-bond donors (Lipinski definition) is 2. The average molecular weight is 532 g/mol. The normalized spacial score (nSPS) is 21.8. The van der Waals surface area contributed by atoms with Gasteiger partial charge >= 0.3 is 13.5 Å². The summed E-state index contributed by atoms with van der Waals surface area (Å²) in [6, 6.07) is 7.49. The first kappa shape index (κ1) is 25.3. The third-order valence-electron chi connectivity index (χ3n) is 5.74. The van der Waals surface area contributed by atoms with E-state index in [0.717, 1.165) is 18.9 Å². The van der Waals surface area contributed by atoms with Crippen molar-refractivity contribution in [2.45, 2.75) is 38.3 Å². The minimum atomic E-state index is -3.84. The van der Waals surface area contributed by atoms with Crippen LogP contribution in [0.25, 0.3) is 11.2 Å². The van der Waals surface area contributed by atoms with Crippen LogP contribution in [0, 0.1) is 5.92 Å². The maximum atomic E-state index is 14.8. The Balaban J connectivity index is 1.26. The van der Waals surface area contributed by atoms with Gasteiger partial charge in [0.1, 0.15) is 23.6 Å². The Morgan fingerprint density at radius 1 is 1.30 bits per heavy atom. The highest BCUT2D eigenvalue weighted by Crippen LogP contribution is 2.45. The molecule has 3 heterocycles. The Hall–Kier alpha value is -3.38. The lowest BCUT2D eigenvalue weighted by Gasteiger charge is -2.24. The van der Waals surface area contributed by atoms with Crippen LogP contribution in [0.1, 0.15) is 26.0 Å². The summed E-state index contributed by atoms with van der Waals surface area (Å²) in [5.74, 6) is -0.384. The molecule has 0 amide bonds. The summed E-state index contributed by atoms with van der Waals surface area (Å²) in [5, 5.41) is 2.71. The van der Waals surface area contributed by atoms with E-state index in [1.165, 1.54) is 24.1 Å². The van der Waals surface area contributed by atoms with Crippen LogP contribution < -0.4 is 15.3 Å². The second-order valence-electron chi connectivity index (χ2n) is 8.79. The maximum Gasteiger partial charge on any atom is 0.342 e. The van der Waals surface area contributed by atoms with Gasteiger partial charge in [-0.1, -0.05) is 18.2 Å². The first-order valence-electron chi connectivity index (χ1n) is 11.7. The third kappa shape index (κ3) is 5.96. The molecule has 1 aliphatic carbocycles. The number of carbonyl (C=O) groups is 1. The van der Waals surface area contributed by atoms with E-state index < -0.39 is 44.2 Å². The molecule has 1 fully saturated rings. The number of rotatable bonds is 11. The largest absolute Gasteiger partial charge is 0.464 e. The summed E-state index contributed by atoms with van der Waals surface area (Å²) in [4.78, 5) is 24.5. The first-order valence-corrected chi connectivity index (χ1v) is 13.5. The topological polar surface area (TPSA) is 153 Å². The number of benzene rings is 1. The smallest absolute Gasteiger partial charge is 0.342 e. The van der Waals surface area contributed by atoms with Gasteiger partial charge in [-0.25, -0.2) is 24.4 Å². The van der Waals surface area contributed by atoms with Crippen LogP contribution in [0.3, 0.4) is 0 Å². The zero-order valence-electron chi connectivity index (χ0n) is 19.9. The van der Waals surface area contributed by atoms with Crippen molar-refractivity contribution in [3.63, 3.8) is 0 Å². The number of halogens is 1. The molecule has 5 rings (SSSR count). The number of aromatic nitrogens is 4. The molecule has 12 nitrogen and oxygen atoms in total. The molecule has 14 heteroatoms. The number of nitrogens with one attached hydrogen (secondary N) is 1. The number of hydrogen-bond acceptors (Lipinski definition) is 10. The van der Waals surface area contributed by atoms with Gasteiger partial charge in [0.15, 0.2) is 36.2 Å². The van der Waals surface area contributed by atoms with Crippen molar-refractivity contribution in [3.05, 3.63) is 54.9 Å². The highest BCUT2D eigenvalue weighted by Gasteiger charge is 2.36. The van der Waals surface area contributed by atoms with Crippen molar-refractivity contribution in [2.24, 2.45) is 5.92 Å². The van der Waals surface area contributed by atoms with Crippen LogP contribution in [0.2, 0.25) is 0 Å². The molecule has 2 unspecified atom stereocenters. The summed E-state index contributed by atoms with van der Waals surface area (Å²) in [6.45, 7) is 1.85. The molecule has 3 N–H and O–H groups in total. The molecule has 4 atom stereocenters. The molecule has 2 aliphatic rings. The molecule has 1 aliphatic heterocycles. The highest BCUT2D eigenvalue weighted by atomic mass is 31.2. The van der Waals surface area contributed by atoms with Gasteiger partial charge in [-0.3, -0.25) is 13.9 Å². The van der Waals surface area contributed by atoms with E-state index in [4.69, 9.17) is 24.5 Å². The summed E-state index contributed by atoms with van der Waals surface area (Å²) < 4.78 is 52.2. The number of nitrogens with two attached hydrogens (primary N) is 1. The molecular weight excluding hydrogens is 506 g/mol. The van der Waals surface area contributed by atoms with Crippen LogP contribution in [-0.2, 0) is 23.6 Å². The van der Waals surface area contributed by atoms with E-state index >= 15 is 0 Å². The van der Waals surface area contributed by atoms with E-state index in [0.29, 0.717) is 23.8 Å². The lowest BCUT2D eigenvalue weighted by Crippen LogP contribution is -2.36. The number of carbonyl (C=O) groups excluding carboxylic acids is 1. The van der Waals surface area contributed by atoms with Gasteiger partial charge in [0.2, 0.25) is 0 Å².